The lowest BCUT2D eigenvalue weighted by Gasteiger charge is -2.17. The van der Waals surface area contributed by atoms with Crippen LogP contribution in [0.5, 0.6) is 0 Å². The second kappa shape index (κ2) is 10.6. The average molecular weight is 243 g/mol. The van der Waals surface area contributed by atoms with Gasteiger partial charge in [-0.05, 0) is 18.9 Å². The minimum Gasteiger partial charge on any atom is -0.465 e. The summed E-state index contributed by atoms with van der Waals surface area (Å²) in [5, 5.41) is 3.16. The number of hydrogen-bond donors (Lipinski definition) is 1. The van der Waals surface area contributed by atoms with E-state index >= 15 is 0 Å². The summed E-state index contributed by atoms with van der Waals surface area (Å²) in [6.07, 6.45) is 4.70. The summed E-state index contributed by atoms with van der Waals surface area (Å²) >= 11 is 0. The molecule has 3 nitrogen and oxygen atoms in total. The van der Waals surface area contributed by atoms with Crippen molar-refractivity contribution in [2.75, 3.05) is 19.7 Å². The van der Waals surface area contributed by atoms with Crippen molar-refractivity contribution < 1.29 is 9.53 Å². The molecule has 102 valence electrons. The molecule has 0 saturated heterocycles. The molecule has 0 saturated carbocycles. The molecular formula is C14H29NO2. The maximum absolute atomic E-state index is 11.7. The highest BCUT2D eigenvalue weighted by atomic mass is 16.5. The molecule has 2 unspecified atom stereocenters. The van der Waals surface area contributed by atoms with Gasteiger partial charge < -0.3 is 10.1 Å². The zero-order valence-electron chi connectivity index (χ0n) is 11.9. The first-order valence-corrected chi connectivity index (χ1v) is 7.02. The zero-order chi connectivity index (χ0) is 13.1. The number of carbonyl (C=O) groups excluding carboxylic acids is 1. The van der Waals surface area contributed by atoms with Gasteiger partial charge >= 0.3 is 5.97 Å². The first-order valence-electron chi connectivity index (χ1n) is 7.02. The quantitative estimate of drug-likeness (QED) is 0.599. The summed E-state index contributed by atoms with van der Waals surface area (Å²) in [6.45, 7) is 10.5. The molecule has 0 amide bonds. The normalized spacial score (nSPS) is 14.4. The maximum Gasteiger partial charge on any atom is 0.309 e. The predicted molar refractivity (Wildman–Crippen MR) is 72.0 cm³/mol. The minimum atomic E-state index is -0.0686. The lowest BCUT2D eigenvalue weighted by molar-refractivity contribution is -0.149. The van der Waals surface area contributed by atoms with Crippen LogP contribution in [0.3, 0.4) is 0 Å². The summed E-state index contributed by atoms with van der Waals surface area (Å²) in [4.78, 5) is 11.7. The summed E-state index contributed by atoms with van der Waals surface area (Å²) in [5.74, 6) is 0.421. The Labute approximate surface area is 106 Å². The maximum atomic E-state index is 11.7. The fraction of sp³-hybridized carbons (Fsp3) is 0.929. The van der Waals surface area contributed by atoms with Gasteiger partial charge in [0.1, 0.15) is 0 Å². The Hall–Kier alpha value is -0.570. The smallest absolute Gasteiger partial charge is 0.309 e. The van der Waals surface area contributed by atoms with Gasteiger partial charge in [-0.15, -0.1) is 0 Å². The highest BCUT2D eigenvalue weighted by Gasteiger charge is 2.15. The molecule has 0 radical (unpaired) electrons. The molecule has 0 aromatic carbocycles. The number of esters is 1. The minimum absolute atomic E-state index is 0.0429. The number of nitrogens with one attached hydrogen (secondary N) is 1. The van der Waals surface area contributed by atoms with E-state index in [1.807, 2.05) is 13.8 Å². The molecule has 0 aliphatic heterocycles. The van der Waals surface area contributed by atoms with Gasteiger partial charge in [0.25, 0.3) is 0 Å². The molecule has 0 rings (SSSR count). The second-order valence-electron chi connectivity index (χ2n) is 4.76. The van der Waals surface area contributed by atoms with Crippen LogP contribution in [0, 0.1) is 11.8 Å². The van der Waals surface area contributed by atoms with Crippen LogP contribution in [0.25, 0.3) is 0 Å². The number of rotatable bonds is 10. The largest absolute Gasteiger partial charge is 0.465 e. The van der Waals surface area contributed by atoms with Crippen LogP contribution in [0.2, 0.25) is 0 Å². The van der Waals surface area contributed by atoms with Crippen LogP contribution in [0.1, 0.15) is 53.4 Å². The van der Waals surface area contributed by atoms with Gasteiger partial charge in [-0.1, -0.05) is 47.0 Å². The van der Waals surface area contributed by atoms with Crippen molar-refractivity contribution >= 4 is 5.97 Å². The van der Waals surface area contributed by atoms with Crippen LogP contribution in [0.4, 0.5) is 0 Å². The fourth-order valence-electron chi connectivity index (χ4n) is 1.68. The highest BCUT2D eigenvalue weighted by molar-refractivity contribution is 5.72. The van der Waals surface area contributed by atoms with Crippen LogP contribution >= 0.6 is 0 Å². The van der Waals surface area contributed by atoms with E-state index in [0.29, 0.717) is 19.1 Å². The van der Waals surface area contributed by atoms with E-state index in [-0.39, 0.29) is 11.9 Å². The van der Waals surface area contributed by atoms with E-state index < -0.39 is 0 Å². The molecule has 0 aromatic rings. The van der Waals surface area contributed by atoms with E-state index in [1.54, 1.807) is 0 Å². The van der Waals surface area contributed by atoms with E-state index in [0.717, 1.165) is 13.0 Å². The van der Waals surface area contributed by atoms with Crippen molar-refractivity contribution in [3.8, 4) is 0 Å². The molecule has 0 aromatic heterocycles. The topological polar surface area (TPSA) is 38.3 Å². The number of ether oxygens (including phenoxy) is 1. The van der Waals surface area contributed by atoms with Gasteiger partial charge in [-0.3, -0.25) is 4.79 Å². The molecule has 0 heterocycles. The Morgan fingerprint density at radius 1 is 1.29 bits per heavy atom. The van der Waals surface area contributed by atoms with Crippen LogP contribution in [-0.4, -0.2) is 25.7 Å². The predicted octanol–water partition coefficient (Wildman–Crippen LogP) is 2.99. The van der Waals surface area contributed by atoms with E-state index in [9.17, 15) is 4.79 Å². The van der Waals surface area contributed by atoms with Gasteiger partial charge in [0, 0.05) is 6.54 Å². The van der Waals surface area contributed by atoms with Gasteiger partial charge in [-0.2, -0.15) is 0 Å². The Morgan fingerprint density at radius 2 is 2.00 bits per heavy atom. The van der Waals surface area contributed by atoms with Crippen molar-refractivity contribution in [3.05, 3.63) is 0 Å². The molecule has 3 heteroatoms. The zero-order valence-corrected chi connectivity index (χ0v) is 11.9. The van der Waals surface area contributed by atoms with Gasteiger partial charge in [0.05, 0.1) is 12.5 Å². The van der Waals surface area contributed by atoms with E-state index in [2.05, 4.69) is 19.2 Å². The number of unbranched alkanes of at least 4 members (excludes halogenated alkanes) is 1. The van der Waals surface area contributed by atoms with Crippen LogP contribution < -0.4 is 5.32 Å². The molecule has 17 heavy (non-hydrogen) atoms. The number of carbonyl (C=O) groups is 1. The van der Waals surface area contributed by atoms with E-state index in [4.69, 9.17) is 4.74 Å². The lowest BCUT2D eigenvalue weighted by Crippen LogP contribution is -2.28. The lowest BCUT2D eigenvalue weighted by atomic mass is 10.0. The van der Waals surface area contributed by atoms with Crippen molar-refractivity contribution in [3.63, 3.8) is 0 Å². The van der Waals surface area contributed by atoms with Gasteiger partial charge in [-0.25, -0.2) is 0 Å². The highest BCUT2D eigenvalue weighted by Crippen LogP contribution is 2.13. The monoisotopic (exact) mass is 243 g/mol. The molecular weight excluding hydrogens is 214 g/mol. The molecule has 0 bridgehead atoms. The van der Waals surface area contributed by atoms with Crippen LogP contribution in [-0.2, 0) is 9.53 Å². The molecule has 2 atom stereocenters. The molecule has 0 spiro atoms. The average Bonchev–Trinajstić information content (AvgIpc) is 2.35. The van der Waals surface area contributed by atoms with Gasteiger partial charge in [0.15, 0.2) is 0 Å². The van der Waals surface area contributed by atoms with Crippen molar-refractivity contribution in [2.24, 2.45) is 11.8 Å². The Bertz CT molecular complexity index is 195. The molecule has 1 N–H and O–H groups in total. The van der Waals surface area contributed by atoms with Crippen molar-refractivity contribution in [2.45, 2.75) is 53.4 Å². The Morgan fingerprint density at radius 3 is 2.53 bits per heavy atom. The SMILES string of the molecule is CCCCC(CC)COC(=O)C(C)CNCC. The summed E-state index contributed by atoms with van der Waals surface area (Å²) in [5.41, 5.74) is 0. The molecule has 0 aliphatic rings. The molecule has 0 aliphatic carbocycles. The first kappa shape index (κ1) is 16.4. The Balaban J connectivity index is 3.78. The van der Waals surface area contributed by atoms with Gasteiger partial charge in [0.2, 0.25) is 0 Å². The first-order chi connectivity index (χ1) is 8.15. The molecule has 0 fully saturated rings. The summed E-state index contributed by atoms with van der Waals surface area (Å²) in [6, 6.07) is 0. The van der Waals surface area contributed by atoms with Crippen molar-refractivity contribution in [1.82, 2.24) is 5.32 Å². The summed E-state index contributed by atoms with van der Waals surface area (Å²) in [7, 11) is 0. The van der Waals surface area contributed by atoms with E-state index in [1.165, 1.54) is 19.3 Å². The summed E-state index contributed by atoms with van der Waals surface area (Å²) < 4.78 is 5.37. The second-order valence-corrected chi connectivity index (χ2v) is 4.76. The third kappa shape index (κ3) is 8.19. The third-order valence-corrected chi connectivity index (χ3v) is 3.11. The third-order valence-electron chi connectivity index (χ3n) is 3.11. The fourth-order valence-corrected chi connectivity index (χ4v) is 1.68. The van der Waals surface area contributed by atoms with Crippen molar-refractivity contribution in [1.29, 1.82) is 0 Å². The van der Waals surface area contributed by atoms with Crippen LogP contribution in [0.15, 0.2) is 0 Å². The standard InChI is InChI=1S/C14H29NO2/c1-5-8-9-13(6-2)11-17-14(16)12(4)10-15-7-3/h12-13,15H,5-11H2,1-4H3. The Kier molecular flexibility index (Phi) is 10.2. The number of hydrogen-bond acceptors (Lipinski definition) is 3.